The second-order valence-electron chi connectivity index (χ2n) is 5.62. The summed E-state index contributed by atoms with van der Waals surface area (Å²) in [5.74, 6) is -0.378. The molecule has 1 fully saturated rings. The van der Waals surface area contributed by atoms with Crippen molar-refractivity contribution in [3.8, 4) is 11.5 Å². The molecule has 0 spiro atoms. The minimum Gasteiger partial charge on any atom is -0.496 e. The second kappa shape index (κ2) is 8.99. The minimum atomic E-state index is -0.617. The first-order valence-corrected chi connectivity index (χ1v) is 7.97. The lowest BCUT2D eigenvalue weighted by atomic mass is 10.3. The zero-order valence-electron chi connectivity index (χ0n) is 14.7. The van der Waals surface area contributed by atoms with E-state index < -0.39 is 17.4 Å². The standard InChI is InChI=1S/C16H21N3O7/c1-17(10-15(20)18-5-7-25-8-6-18)16(21)11-26-14-4-3-12(24-2)9-13(14)19(22)23/h3-4,9H,5-8,10-11H2,1-2H3. The van der Waals surface area contributed by atoms with E-state index in [0.717, 1.165) is 0 Å². The lowest BCUT2D eigenvalue weighted by Crippen LogP contribution is -2.46. The van der Waals surface area contributed by atoms with Gasteiger partial charge in [-0.3, -0.25) is 19.7 Å². The van der Waals surface area contributed by atoms with Crippen LogP contribution in [0.15, 0.2) is 18.2 Å². The fourth-order valence-electron chi connectivity index (χ4n) is 2.34. The highest BCUT2D eigenvalue weighted by molar-refractivity contribution is 5.85. The van der Waals surface area contributed by atoms with E-state index in [1.54, 1.807) is 4.90 Å². The summed E-state index contributed by atoms with van der Waals surface area (Å²) in [6.07, 6.45) is 0. The topological polar surface area (TPSA) is 111 Å². The van der Waals surface area contributed by atoms with Crippen LogP contribution in [0.4, 0.5) is 5.69 Å². The molecule has 0 aliphatic carbocycles. The predicted molar refractivity (Wildman–Crippen MR) is 90.2 cm³/mol. The van der Waals surface area contributed by atoms with Gasteiger partial charge < -0.3 is 24.0 Å². The summed E-state index contributed by atoms with van der Waals surface area (Å²) in [6, 6.07) is 4.08. The van der Waals surface area contributed by atoms with Gasteiger partial charge in [-0.05, 0) is 12.1 Å². The monoisotopic (exact) mass is 367 g/mol. The van der Waals surface area contributed by atoms with E-state index in [9.17, 15) is 19.7 Å². The molecule has 1 aromatic carbocycles. The van der Waals surface area contributed by atoms with Crippen molar-refractivity contribution in [2.45, 2.75) is 0 Å². The Labute approximate surface area is 150 Å². The van der Waals surface area contributed by atoms with Gasteiger partial charge >= 0.3 is 5.69 Å². The number of hydrogen-bond acceptors (Lipinski definition) is 7. The summed E-state index contributed by atoms with van der Waals surface area (Å²) in [4.78, 5) is 37.6. The fourth-order valence-corrected chi connectivity index (χ4v) is 2.34. The third-order valence-electron chi connectivity index (χ3n) is 3.88. The number of benzene rings is 1. The van der Waals surface area contributed by atoms with Crippen molar-refractivity contribution in [2.75, 3.05) is 53.6 Å². The summed E-state index contributed by atoms with van der Waals surface area (Å²) >= 11 is 0. The zero-order chi connectivity index (χ0) is 19.1. The van der Waals surface area contributed by atoms with Crippen molar-refractivity contribution in [1.82, 2.24) is 9.80 Å². The molecule has 26 heavy (non-hydrogen) atoms. The van der Waals surface area contributed by atoms with Crippen LogP contribution < -0.4 is 9.47 Å². The molecule has 0 bridgehead atoms. The Bertz CT molecular complexity index is 674. The maximum atomic E-state index is 12.1. The molecule has 2 rings (SSSR count). The maximum Gasteiger partial charge on any atom is 0.314 e. The number of carbonyl (C=O) groups is 2. The fraction of sp³-hybridized carbons (Fsp3) is 0.500. The number of morpholine rings is 1. The molecule has 0 saturated carbocycles. The van der Waals surface area contributed by atoms with Crippen molar-refractivity contribution in [1.29, 1.82) is 0 Å². The van der Waals surface area contributed by atoms with Crippen LogP contribution in [0.3, 0.4) is 0 Å². The van der Waals surface area contributed by atoms with E-state index in [-0.39, 0.29) is 23.9 Å². The number of hydrogen-bond donors (Lipinski definition) is 0. The third kappa shape index (κ3) is 5.06. The summed E-state index contributed by atoms with van der Waals surface area (Å²) in [6.45, 7) is 1.44. The Morgan fingerprint density at radius 1 is 1.35 bits per heavy atom. The normalized spacial score (nSPS) is 13.8. The van der Waals surface area contributed by atoms with Gasteiger partial charge in [0, 0.05) is 20.1 Å². The van der Waals surface area contributed by atoms with E-state index >= 15 is 0 Å². The van der Waals surface area contributed by atoms with Crippen LogP contribution in [0.1, 0.15) is 0 Å². The molecule has 1 saturated heterocycles. The Morgan fingerprint density at radius 2 is 2.04 bits per heavy atom. The number of methoxy groups -OCH3 is 1. The van der Waals surface area contributed by atoms with Crippen molar-refractivity contribution < 1.29 is 28.7 Å². The van der Waals surface area contributed by atoms with E-state index in [1.807, 2.05) is 0 Å². The van der Waals surface area contributed by atoms with Crippen LogP contribution in [0, 0.1) is 10.1 Å². The highest BCUT2D eigenvalue weighted by Gasteiger charge is 2.22. The predicted octanol–water partition coefficient (Wildman–Crippen LogP) is 0.299. The summed E-state index contributed by atoms with van der Waals surface area (Å²) in [5.41, 5.74) is -0.302. The quantitative estimate of drug-likeness (QED) is 0.503. The molecule has 0 aromatic heterocycles. The van der Waals surface area contributed by atoms with Crippen LogP contribution in [-0.4, -0.2) is 80.1 Å². The highest BCUT2D eigenvalue weighted by Crippen LogP contribution is 2.30. The summed E-state index contributed by atoms with van der Waals surface area (Å²) in [5, 5.41) is 11.1. The molecule has 10 nitrogen and oxygen atoms in total. The number of amides is 2. The average Bonchev–Trinajstić information content (AvgIpc) is 2.66. The molecule has 1 aliphatic heterocycles. The van der Waals surface area contributed by atoms with Gasteiger partial charge in [0.25, 0.3) is 5.91 Å². The highest BCUT2D eigenvalue weighted by atomic mass is 16.6. The van der Waals surface area contributed by atoms with Gasteiger partial charge in [0.1, 0.15) is 5.75 Å². The SMILES string of the molecule is COc1ccc(OCC(=O)N(C)CC(=O)N2CCOCC2)c([N+](=O)[O-])c1. The molecule has 0 radical (unpaired) electrons. The Kier molecular flexibility index (Phi) is 6.73. The van der Waals surface area contributed by atoms with Crippen molar-refractivity contribution in [3.63, 3.8) is 0 Å². The van der Waals surface area contributed by atoms with Crippen LogP contribution in [0.2, 0.25) is 0 Å². The molecule has 10 heteroatoms. The number of nitro benzene ring substituents is 1. The summed E-state index contributed by atoms with van der Waals surface area (Å²) < 4.78 is 15.4. The van der Waals surface area contributed by atoms with Gasteiger partial charge in [-0.1, -0.05) is 0 Å². The smallest absolute Gasteiger partial charge is 0.314 e. The maximum absolute atomic E-state index is 12.1. The minimum absolute atomic E-state index is 0.0444. The molecular formula is C16H21N3O7. The molecule has 2 amide bonds. The molecule has 142 valence electrons. The van der Waals surface area contributed by atoms with E-state index in [1.165, 1.54) is 37.3 Å². The van der Waals surface area contributed by atoms with Crippen molar-refractivity contribution >= 4 is 17.5 Å². The van der Waals surface area contributed by atoms with Gasteiger partial charge in [0.05, 0.1) is 37.9 Å². The Morgan fingerprint density at radius 3 is 2.65 bits per heavy atom. The lowest BCUT2D eigenvalue weighted by Gasteiger charge is -2.28. The van der Waals surface area contributed by atoms with Crippen molar-refractivity contribution in [3.05, 3.63) is 28.3 Å². The van der Waals surface area contributed by atoms with Crippen LogP contribution in [0.25, 0.3) is 0 Å². The number of rotatable bonds is 7. The largest absolute Gasteiger partial charge is 0.496 e. The van der Waals surface area contributed by atoms with Gasteiger partial charge in [-0.25, -0.2) is 0 Å². The molecule has 0 atom stereocenters. The van der Waals surface area contributed by atoms with E-state index in [0.29, 0.717) is 32.1 Å². The number of nitro groups is 1. The number of ether oxygens (including phenoxy) is 3. The average molecular weight is 367 g/mol. The van der Waals surface area contributed by atoms with Crippen LogP contribution in [-0.2, 0) is 14.3 Å². The van der Waals surface area contributed by atoms with Gasteiger partial charge in [-0.2, -0.15) is 0 Å². The summed E-state index contributed by atoms with van der Waals surface area (Å²) in [7, 11) is 2.87. The second-order valence-corrected chi connectivity index (χ2v) is 5.62. The first-order valence-electron chi connectivity index (χ1n) is 7.97. The number of carbonyl (C=O) groups excluding carboxylic acids is 2. The molecule has 0 N–H and O–H groups in total. The van der Waals surface area contributed by atoms with Crippen LogP contribution in [0.5, 0.6) is 11.5 Å². The molecule has 0 unspecified atom stereocenters. The Hall–Kier alpha value is -2.88. The molecule has 1 aliphatic rings. The van der Waals surface area contributed by atoms with E-state index in [4.69, 9.17) is 14.2 Å². The molecule has 1 aromatic rings. The molecule has 1 heterocycles. The van der Waals surface area contributed by atoms with Crippen molar-refractivity contribution in [2.24, 2.45) is 0 Å². The number of likely N-dealkylation sites (N-methyl/N-ethyl adjacent to an activating group) is 1. The Balaban J connectivity index is 1.91. The van der Waals surface area contributed by atoms with E-state index in [2.05, 4.69) is 0 Å². The van der Waals surface area contributed by atoms with Gasteiger partial charge in [-0.15, -0.1) is 0 Å². The van der Waals surface area contributed by atoms with Crippen LogP contribution >= 0.6 is 0 Å². The first kappa shape index (κ1) is 19.4. The third-order valence-corrected chi connectivity index (χ3v) is 3.88. The number of nitrogens with zero attached hydrogens (tertiary/aromatic N) is 3. The first-order chi connectivity index (χ1) is 12.4. The zero-order valence-corrected chi connectivity index (χ0v) is 14.7. The lowest BCUT2D eigenvalue weighted by molar-refractivity contribution is -0.385. The van der Waals surface area contributed by atoms with Gasteiger partial charge in [0.2, 0.25) is 5.91 Å². The van der Waals surface area contributed by atoms with Gasteiger partial charge in [0.15, 0.2) is 12.4 Å². The molecular weight excluding hydrogens is 346 g/mol.